The number of thioether (sulfide) groups is 1. The Hall–Kier alpha value is -2.21. The number of hydrogen-bond donors (Lipinski definition) is 1. The van der Waals surface area contributed by atoms with E-state index in [4.69, 9.17) is 4.42 Å². The molecule has 1 aliphatic heterocycles. The fourth-order valence-electron chi connectivity index (χ4n) is 2.17. The van der Waals surface area contributed by atoms with Crippen molar-refractivity contribution >= 4 is 35.0 Å². The average molecular weight is 302 g/mol. The van der Waals surface area contributed by atoms with Crippen LogP contribution >= 0.6 is 11.8 Å². The molecule has 1 aromatic carbocycles. The molecule has 0 bridgehead atoms. The molecule has 5 nitrogen and oxygen atoms in total. The highest BCUT2D eigenvalue weighted by atomic mass is 32.2. The van der Waals surface area contributed by atoms with Crippen LogP contribution in [0.4, 0.5) is 11.4 Å². The molecule has 0 radical (unpaired) electrons. The molecule has 2 aromatic rings. The fraction of sp³-hybridized carbons (Fsp3) is 0.200. The van der Waals surface area contributed by atoms with Crippen LogP contribution in [0.2, 0.25) is 0 Å². The Balaban J connectivity index is 1.65. The van der Waals surface area contributed by atoms with Gasteiger partial charge in [-0.1, -0.05) is 12.1 Å². The normalized spacial score (nSPS) is 13.7. The molecule has 1 aliphatic rings. The lowest BCUT2D eigenvalue weighted by Crippen LogP contribution is -2.43. The first-order valence-corrected chi connectivity index (χ1v) is 7.69. The summed E-state index contributed by atoms with van der Waals surface area (Å²) in [6.07, 6.45) is 1.61. The molecule has 2 heterocycles. The maximum atomic E-state index is 12.3. The Morgan fingerprint density at radius 1 is 1.29 bits per heavy atom. The van der Waals surface area contributed by atoms with Crippen LogP contribution in [0.25, 0.3) is 0 Å². The van der Waals surface area contributed by atoms with Crippen molar-refractivity contribution < 1.29 is 14.0 Å². The number of furan rings is 1. The number of rotatable bonds is 4. The number of para-hydroxylation sites is 2. The van der Waals surface area contributed by atoms with Crippen LogP contribution < -0.4 is 10.2 Å². The van der Waals surface area contributed by atoms with Crippen LogP contribution in [0.15, 0.2) is 47.1 Å². The molecule has 0 saturated heterocycles. The average Bonchev–Trinajstić information content (AvgIpc) is 2.99. The van der Waals surface area contributed by atoms with E-state index in [2.05, 4.69) is 5.32 Å². The van der Waals surface area contributed by atoms with E-state index in [-0.39, 0.29) is 18.4 Å². The summed E-state index contributed by atoms with van der Waals surface area (Å²) in [5.41, 5.74) is 1.43. The number of fused-ring (bicyclic) bond motifs is 1. The first-order valence-electron chi connectivity index (χ1n) is 6.53. The minimum atomic E-state index is -0.168. The first kappa shape index (κ1) is 13.8. The third kappa shape index (κ3) is 3.11. The summed E-state index contributed by atoms with van der Waals surface area (Å²) in [5, 5.41) is 2.77. The van der Waals surface area contributed by atoms with Crippen LogP contribution in [0.3, 0.4) is 0 Å². The van der Waals surface area contributed by atoms with Crippen molar-refractivity contribution in [3.63, 3.8) is 0 Å². The minimum Gasteiger partial charge on any atom is -0.468 e. The number of anilines is 2. The number of benzene rings is 1. The number of carbonyl (C=O) groups is 2. The quantitative estimate of drug-likeness (QED) is 0.942. The highest BCUT2D eigenvalue weighted by molar-refractivity contribution is 7.99. The predicted molar refractivity (Wildman–Crippen MR) is 82.3 cm³/mol. The molecule has 1 N–H and O–H groups in total. The molecule has 6 heteroatoms. The standard InChI is InChI=1S/C15H14N2O3S/c18-14-8-17(13-6-2-1-5-12(13)16-14)15(19)10-21-9-11-4-3-7-20-11/h1-7H,8-10H2,(H,16,18). The zero-order chi connectivity index (χ0) is 14.7. The van der Waals surface area contributed by atoms with E-state index < -0.39 is 0 Å². The van der Waals surface area contributed by atoms with Crippen LogP contribution in [0.1, 0.15) is 5.76 Å². The van der Waals surface area contributed by atoms with E-state index in [0.717, 1.165) is 11.4 Å². The highest BCUT2D eigenvalue weighted by Gasteiger charge is 2.26. The zero-order valence-corrected chi connectivity index (χ0v) is 12.1. The van der Waals surface area contributed by atoms with Gasteiger partial charge in [0, 0.05) is 0 Å². The molecule has 3 rings (SSSR count). The fourth-order valence-corrected chi connectivity index (χ4v) is 2.97. The van der Waals surface area contributed by atoms with Gasteiger partial charge in [-0.3, -0.25) is 9.59 Å². The van der Waals surface area contributed by atoms with Gasteiger partial charge in [0.05, 0.1) is 29.1 Å². The summed E-state index contributed by atoms with van der Waals surface area (Å²) in [5.74, 6) is 1.54. The summed E-state index contributed by atoms with van der Waals surface area (Å²) in [6, 6.07) is 11.0. The van der Waals surface area contributed by atoms with Crippen LogP contribution in [0, 0.1) is 0 Å². The summed E-state index contributed by atoms with van der Waals surface area (Å²) < 4.78 is 5.22. The molecule has 21 heavy (non-hydrogen) atoms. The van der Waals surface area contributed by atoms with Crippen LogP contribution in [0.5, 0.6) is 0 Å². The SMILES string of the molecule is O=C1CN(C(=O)CSCc2ccco2)c2ccccc2N1. The molecular weight excluding hydrogens is 288 g/mol. The van der Waals surface area contributed by atoms with Crippen molar-refractivity contribution in [2.24, 2.45) is 0 Å². The third-order valence-corrected chi connectivity index (χ3v) is 4.06. The van der Waals surface area contributed by atoms with Gasteiger partial charge in [0.25, 0.3) is 0 Å². The molecule has 108 valence electrons. The number of nitrogens with one attached hydrogen (secondary N) is 1. The largest absolute Gasteiger partial charge is 0.468 e. The third-order valence-electron chi connectivity index (χ3n) is 3.12. The zero-order valence-electron chi connectivity index (χ0n) is 11.2. The lowest BCUT2D eigenvalue weighted by Gasteiger charge is -2.29. The second-order valence-corrected chi connectivity index (χ2v) is 5.60. The molecular formula is C15H14N2O3S. The Kier molecular flexibility index (Phi) is 3.96. The van der Waals surface area contributed by atoms with E-state index >= 15 is 0 Å². The number of carbonyl (C=O) groups excluding carboxylic acids is 2. The van der Waals surface area contributed by atoms with Gasteiger partial charge in [-0.25, -0.2) is 0 Å². The Labute approximate surface area is 126 Å². The summed E-state index contributed by atoms with van der Waals surface area (Å²) >= 11 is 1.47. The van der Waals surface area contributed by atoms with Crippen LogP contribution in [-0.4, -0.2) is 24.1 Å². The van der Waals surface area contributed by atoms with Gasteiger partial charge in [-0.2, -0.15) is 0 Å². The molecule has 0 atom stereocenters. The molecule has 1 aromatic heterocycles. The molecule has 2 amide bonds. The van der Waals surface area contributed by atoms with Crippen molar-refractivity contribution in [2.75, 3.05) is 22.5 Å². The van der Waals surface area contributed by atoms with Gasteiger partial charge >= 0.3 is 0 Å². The minimum absolute atomic E-state index is 0.0666. The van der Waals surface area contributed by atoms with Crippen LogP contribution in [-0.2, 0) is 15.3 Å². The Morgan fingerprint density at radius 2 is 2.14 bits per heavy atom. The van der Waals surface area contributed by atoms with Gasteiger partial charge in [0.1, 0.15) is 12.3 Å². The maximum absolute atomic E-state index is 12.3. The summed E-state index contributed by atoms with van der Waals surface area (Å²) in [4.78, 5) is 25.5. The van der Waals surface area contributed by atoms with E-state index in [9.17, 15) is 9.59 Å². The predicted octanol–water partition coefficient (Wildman–Crippen LogP) is 2.50. The lowest BCUT2D eigenvalue weighted by molar-refractivity contribution is -0.120. The van der Waals surface area contributed by atoms with Crippen molar-refractivity contribution in [1.82, 2.24) is 0 Å². The van der Waals surface area contributed by atoms with Crippen molar-refractivity contribution in [3.05, 3.63) is 48.4 Å². The Bertz CT molecular complexity index is 655. The van der Waals surface area contributed by atoms with E-state index in [1.165, 1.54) is 16.7 Å². The van der Waals surface area contributed by atoms with Crippen molar-refractivity contribution in [1.29, 1.82) is 0 Å². The molecule has 0 unspecified atom stereocenters. The molecule has 0 fully saturated rings. The smallest absolute Gasteiger partial charge is 0.244 e. The van der Waals surface area contributed by atoms with Gasteiger partial charge in [0.2, 0.25) is 11.8 Å². The summed E-state index contributed by atoms with van der Waals surface area (Å²) in [7, 11) is 0. The second-order valence-electron chi connectivity index (χ2n) is 4.62. The lowest BCUT2D eigenvalue weighted by atomic mass is 10.2. The maximum Gasteiger partial charge on any atom is 0.244 e. The molecule has 0 aliphatic carbocycles. The summed E-state index contributed by atoms with van der Waals surface area (Å²) in [6.45, 7) is 0.0666. The van der Waals surface area contributed by atoms with E-state index in [0.29, 0.717) is 17.2 Å². The van der Waals surface area contributed by atoms with Crippen molar-refractivity contribution in [3.8, 4) is 0 Å². The number of nitrogens with zero attached hydrogens (tertiary/aromatic N) is 1. The van der Waals surface area contributed by atoms with Gasteiger partial charge in [-0.15, -0.1) is 11.8 Å². The van der Waals surface area contributed by atoms with Gasteiger partial charge in [-0.05, 0) is 24.3 Å². The monoisotopic (exact) mass is 302 g/mol. The topological polar surface area (TPSA) is 62.6 Å². The van der Waals surface area contributed by atoms with Gasteiger partial charge in [0.15, 0.2) is 0 Å². The van der Waals surface area contributed by atoms with E-state index in [1.807, 2.05) is 30.3 Å². The Morgan fingerprint density at radius 3 is 2.95 bits per heavy atom. The molecule has 0 saturated carbocycles. The number of amides is 2. The second kappa shape index (κ2) is 6.05. The number of hydrogen-bond acceptors (Lipinski definition) is 4. The first-order chi connectivity index (χ1) is 10.2. The van der Waals surface area contributed by atoms with Crippen molar-refractivity contribution in [2.45, 2.75) is 5.75 Å². The van der Waals surface area contributed by atoms with E-state index in [1.54, 1.807) is 12.3 Å². The molecule has 0 spiro atoms. The van der Waals surface area contributed by atoms with Gasteiger partial charge < -0.3 is 14.6 Å². The highest BCUT2D eigenvalue weighted by Crippen LogP contribution is 2.29.